The van der Waals surface area contributed by atoms with Crippen LogP contribution in [0.4, 0.5) is 0 Å². The van der Waals surface area contributed by atoms with Gasteiger partial charge in [-0.05, 0) is 50.4 Å². The van der Waals surface area contributed by atoms with Crippen LogP contribution in [-0.4, -0.2) is 35.0 Å². The molecule has 1 aromatic carbocycles. The van der Waals surface area contributed by atoms with Gasteiger partial charge in [-0.15, -0.1) is 0 Å². The summed E-state index contributed by atoms with van der Waals surface area (Å²) in [6, 6.07) is 7.06. The van der Waals surface area contributed by atoms with E-state index < -0.39 is 0 Å². The van der Waals surface area contributed by atoms with Crippen LogP contribution in [0.5, 0.6) is 0 Å². The molecule has 20 heavy (non-hydrogen) atoms. The number of aromatic nitrogens is 1. The lowest BCUT2D eigenvalue weighted by Gasteiger charge is -2.25. The Balaban J connectivity index is 1.94. The van der Waals surface area contributed by atoms with Gasteiger partial charge < -0.3 is 5.32 Å². The number of aryl methyl sites for hydroxylation is 1. The van der Waals surface area contributed by atoms with E-state index in [9.17, 15) is 0 Å². The average Bonchev–Trinajstić information content (AvgIpc) is 2.65. The monoisotopic (exact) mass is 287 g/mol. The number of fused-ring (bicyclic) bond motifs is 1. The maximum absolute atomic E-state index is 4.30. The highest BCUT2D eigenvalue weighted by molar-refractivity contribution is 7.97. The van der Waals surface area contributed by atoms with Crippen molar-refractivity contribution in [1.29, 1.82) is 0 Å². The molecule has 1 aliphatic rings. The Morgan fingerprint density at radius 2 is 2.25 bits per heavy atom. The molecule has 0 aliphatic carbocycles. The van der Waals surface area contributed by atoms with Crippen LogP contribution in [-0.2, 0) is 0 Å². The van der Waals surface area contributed by atoms with Crippen molar-refractivity contribution >= 4 is 22.7 Å². The van der Waals surface area contributed by atoms with Crippen LogP contribution in [0.1, 0.15) is 18.9 Å². The lowest BCUT2D eigenvalue weighted by atomic mass is 10.1. The third kappa shape index (κ3) is 2.82. The molecule has 1 aliphatic heterocycles. The standard InChI is InChI=1S/C16H21N3S/c1-12-9-18-11-14-5-3-6-15(16(12)14)20-19-8-4-7-17-10-13(19)2/h3,5-6,9,11,13,17H,4,7-8,10H2,1-2H3/t13-/m1/s1. The molecule has 0 bridgehead atoms. The molecule has 3 rings (SSSR count). The van der Waals surface area contributed by atoms with Gasteiger partial charge in [0, 0.05) is 47.2 Å². The molecular formula is C16H21N3S. The number of hydrogen-bond donors (Lipinski definition) is 1. The van der Waals surface area contributed by atoms with Gasteiger partial charge in [0.1, 0.15) is 0 Å². The van der Waals surface area contributed by atoms with Gasteiger partial charge in [0.25, 0.3) is 0 Å². The topological polar surface area (TPSA) is 28.2 Å². The van der Waals surface area contributed by atoms with E-state index in [0.29, 0.717) is 6.04 Å². The molecule has 2 aromatic rings. The Kier molecular flexibility index (Phi) is 4.24. The molecule has 0 spiro atoms. The van der Waals surface area contributed by atoms with E-state index in [0.717, 1.165) is 19.6 Å². The summed E-state index contributed by atoms with van der Waals surface area (Å²) >= 11 is 1.90. The molecule has 1 fully saturated rings. The normalized spacial score (nSPS) is 21.0. The second-order valence-electron chi connectivity index (χ2n) is 5.45. The van der Waals surface area contributed by atoms with Crippen molar-refractivity contribution in [3.63, 3.8) is 0 Å². The van der Waals surface area contributed by atoms with Crippen LogP contribution in [0.25, 0.3) is 10.8 Å². The number of benzene rings is 1. The summed E-state index contributed by atoms with van der Waals surface area (Å²) in [6.45, 7) is 7.77. The largest absolute Gasteiger partial charge is 0.315 e. The van der Waals surface area contributed by atoms with Gasteiger partial charge in [0.05, 0.1) is 0 Å². The molecule has 1 aromatic heterocycles. The molecule has 0 unspecified atom stereocenters. The third-order valence-corrected chi connectivity index (χ3v) is 5.13. The summed E-state index contributed by atoms with van der Waals surface area (Å²) in [4.78, 5) is 5.64. The van der Waals surface area contributed by atoms with Crippen molar-refractivity contribution < 1.29 is 0 Å². The summed E-state index contributed by atoms with van der Waals surface area (Å²) in [5.74, 6) is 0. The number of nitrogens with one attached hydrogen (secondary N) is 1. The summed E-state index contributed by atoms with van der Waals surface area (Å²) < 4.78 is 2.51. The van der Waals surface area contributed by atoms with Crippen LogP contribution in [0.15, 0.2) is 35.5 Å². The summed E-state index contributed by atoms with van der Waals surface area (Å²) in [7, 11) is 0. The van der Waals surface area contributed by atoms with Gasteiger partial charge in [-0.25, -0.2) is 4.31 Å². The fraction of sp³-hybridized carbons (Fsp3) is 0.438. The van der Waals surface area contributed by atoms with Gasteiger partial charge in [-0.1, -0.05) is 12.1 Å². The smallest absolute Gasteiger partial charge is 0.0346 e. The van der Waals surface area contributed by atoms with Gasteiger partial charge >= 0.3 is 0 Å². The Hall–Kier alpha value is -1.10. The molecule has 1 N–H and O–H groups in total. The van der Waals surface area contributed by atoms with E-state index in [1.165, 1.54) is 27.7 Å². The van der Waals surface area contributed by atoms with E-state index in [2.05, 4.69) is 46.7 Å². The Morgan fingerprint density at radius 1 is 1.35 bits per heavy atom. The lowest BCUT2D eigenvalue weighted by Crippen LogP contribution is -2.32. The maximum Gasteiger partial charge on any atom is 0.0346 e. The number of hydrogen-bond acceptors (Lipinski definition) is 4. The van der Waals surface area contributed by atoms with Crippen molar-refractivity contribution in [3.8, 4) is 0 Å². The van der Waals surface area contributed by atoms with Crippen molar-refractivity contribution in [3.05, 3.63) is 36.2 Å². The Labute approximate surface area is 124 Å². The highest BCUT2D eigenvalue weighted by Crippen LogP contribution is 2.33. The molecule has 1 saturated heterocycles. The predicted octanol–water partition coefficient (Wildman–Crippen LogP) is 3.23. The van der Waals surface area contributed by atoms with E-state index in [-0.39, 0.29) is 0 Å². The first-order chi connectivity index (χ1) is 9.75. The molecule has 3 nitrogen and oxygen atoms in total. The molecule has 1 atom stereocenters. The fourth-order valence-electron chi connectivity index (χ4n) is 2.70. The van der Waals surface area contributed by atoms with Crippen molar-refractivity contribution in [2.75, 3.05) is 19.6 Å². The van der Waals surface area contributed by atoms with Crippen LogP contribution in [0.2, 0.25) is 0 Å². The lowest BCUT2D eigenvalue weighted by molar-refractivity contribution is 0.394. The van der Waals surface area contributed by atoms with E-state index in [1.54, 1.807) is 0 Å². The van der Waals surface area contributed by atoms with Crippen molar-refractivity contribution in [1.82, 2.24) is 14.6 Å². The average molecular weight is 287 g/mol. The molecule has 0 saturated carbocycles. The Bertz CT molecular complexity index is 594. The fourth-order valence-corrected chi connectivity index (χ4v) is 3.94. The first-order valence-corrected chi connectivity index (χ1v) is 8.01. The molecule has 106 valence electrons. The van der Waals surface area contributed by atoms with E-state index in [1.807, 2.05) is 24.3 Å². The second-order valence-corrected chi connectivity index (χ2v) is 6.54. The van der Waals surface area contributed by atoms with Crippen molar-refractivity contribution in [2.24, 2.45) is 0 Å². The zero-order valence-electron chi connectivity index (χ0n) is 12.1. The quantitative estimate of drug-likeness (QED) is 0.858. The number of nitrogens with zero attached hydrogens (tertiary/aromatic N) is 2. The van der Waals surface area contributed by atoms with Gasteiger partial charge in [0.15, 0.2) is 0 Å². The van der Waals surface area contributed by atoms with Gasteiger partial charge in [-0.2, -0.15) is 0 Å². The highest BCUT2D eigenvalue weighted by atomic mass is 32.2. The maximum atomic E-state index is 4.30. The molecular weight excluding hydrogens is 266 g/mol. The molecule has 0 amide bonds. The first kappa shape index (κ1) is 13.9. The minimum Gasteiger partial charge on any atom is -0.315 e. The van der Waals surface area contributed by atoms with Crippen LogP contribution in [0.3, 0.4) is 0 Å². The number of pyridine rings is 1. The second kappa shape index (κ2) is 6.12. The molecule has 2 heterocycles. The summed E-state index contributed by atoms with van der Waals surface area (Å²) in [6.07, 6.45) is 5.13. The predicted molar refractivity (Wildman–Crippen MR) is 86.0 cm³/mol. The van der Waals surface area contributed by atoms with E-state index >= 15 is 0 Å². The SMILES string of the molecule is Cc1cncc2cccc(SN3CCCNC[C@H]3C)c12. The minimum absolute atomic E-state index is 0.555. The van der Waals surface area contributed by atoms with Crippen molar-refractivity contribution in [2.45, 2.75) is 31.2 Å². The molecule has 4 heteroatoms. The Morgan fingerprint density at radius 3 is 3.15 bits per heavy atom. The minimum atomic E-state index is 0.555. The van der Waals surface area contributed by atoms with Crippen LogP contribution >= 0.6 is 11.9 Å². The molecule has 0 radical (unpaired) electrons. The summed E-state index contributed by atoms with van der Waals surface area (Å²) in [5, 5.41) is 6.07. The first-order valence-electron chi connectivity index (χ1n) is 7.24. The highest BCUT2D eigenvalue weighted by Gasteiger charge is 2.18. The zero-order valence-corrected chi connectivity index (χ0v) is 12.9. The zero-order chi connectivity index (χ0) is 13.9. The van der Waals surface area contributed by atoms with Crippen LogP contribution in [0, 0.1) is 6.92 Å². The van der Waals surface area contributed by atoms with E-state index in [4.69, 9.17) is 0 Å². The van der Waals surface area contributed by atoms with Crippen LogP contribution < -0.4 is 5.32 Å². The summed E-state index contributed by atoms with van der Waals surface area (Å²) in [5.41, 5.74) is 1.26. The number of rotatable bonds is 2. The third-order valence-electron chi connectivity index (χ3n) is 3.81. The van der Waals surface area contributed by atoms with Gasteiger partial charge in [-0.3, -0.25) is 4.98 Å². The van der Waals surface area contributed by atoms with Gasteiger partial charge in [0.2, 0.25) is 0 Å².